The predicted octanol–water partition coefficient (Wildman–Crippen LogP) is 1.94. The number of anilines is 1. The van der Waals surface area contributed by atoms with Gasteiger partial charge in [-0.25, -0.2) is 0 Å². The molecule has 2 amide bonds. The van der Waals surface area contributed by atoms with Crippen molar-refractivity contribution >= 4 is 17.5 Å². The zero-order valence-electron chi connectivity index (χ0n) is 11.6. The largest absolute Gasteiger partial charge is 0.418 e. The molecule has 1 aliphatic heterocycles. The van der Waals surface area contributed by atoms with E-state index < -0.39 is 36.2 Å². The fourth-order valence-electron chi connectivity index (χ4n) is 2.10. The highest BCUT2D eigenvalue weighted by Gasteiger charge is 2.33. The number of amides is 2. The van der Waals surface area contributed by atoms with E-state index in [2.05, 4.69) is 10.6 Å². The van der Waals surface area contributed by atoms with Crippen LogP contribution in [0.5, 0.6) is 0 Å². The van der Waals surface area contributed by atoms with Crippen LogP contribution in [0.4, 0.5) is 18.9 Å². The van der Waals surface area contributed by atoms with Crippen LogP contribution in [0.25, 0.3) is 0 Å². The monoisotopic (exact) mass is 316 g/mol. The van der Waals surface area contributed by atoms with E-state index in [0.717, 1.165) is 18.6 Å². The molecule has 1 aliphatic rings. The number of benzene rings is 1. The van der Waals surface area contributed by atoms with E-state index in [1.807, 2.05) is 0 Å². The molecule has 22 heavy (non-hydrogen) atoms. The van der Waals surface area contributed by atoms with Gasteiger partial charge >= 0.3 is 6.18 Å². The van der Waals surface area contributed by atoms with E-state index in [0.29, 0.717) is 13.0 Å². The Morgan fingerprint density at radius 1 is 1.27 bits per heavy atom. The van der Waals surface area contributed by atoms with Crippen molar-refractivity contribution in [2.75, 3.05) is 18.5 Å². The molecule has 1 aromatic rings. The van der Waals surface area contributed by atoms with Crippen molar-refractivity contribution < 1.29 is 27.5 Å². The van der Waals surface area contributed by atoms with Crippen LogP contribution < -0.4 is 10.6 Å². The molecule has 1 fully saturated rings. The van der Waals surface area contributed by atoms with Gasteiger partial charge in [0, 0.05) is 6.61 Å². The summed E-state index contributed by atoms with van der Waals surface area (Å²) in [6.07, 6.45) is -3.81. The zero-order chi connectivity index (χ0) is 16.2. The van der Waals surface area contributed by atoms with Gasteiger partial charge in [0.25, 0.3) is 0 Å². The lowest BCUT2D eigenvalue weighted by atomic mass is 10.1. The standard InChI is InChI=1S/C14H15F3N2O3/c15-14(16,17)9-4-1-2-5-10(9)19-12(20)8-18-13(21)11-6-3-7-22-11/h1-2,4-5,11H,3,6-8H2,(H,18,21)(H,19,20). The van der Waals surface area contributed by atoms with E-state index >= 15 is 0 Å². The molecule has 2 rings (SSSR count). The maximum atomic E-state index is 12.8. The predicted molar refractivity (Wildman–Crippen MR) is 72.1 cm³/mol. The topological polar surface area (TPSA) is 67.4 Å². The number of nitrogens with one attached hydrogen (secondary N) is 2. The lowest BCUT2D eigenvalue weighted by molar-refractivity contribution is -0.137. The first kappa shape index (κ1) is 16.3. The molecule has 0 saturated carbocycles. The molecule has 1 saturated heterocycles. The fourth-order valence-corrected chi connectivity index (χ4v) is 2.10. The normalized spacial score (nSPS) is 18.0. The third-order valence-corrected chi connectivity index (χ3v) is 3.15. The molecule has 2 N–H and O–H groups in total. The average Bonchev–Trinajstić information content (AvgIpc) is 2.98. The molecular weight excluding hydrogens is 301 g/mol. The molecule has 0 radical (unpaired) electrons. The molecule has 120 valence electrons. The van der Waals surface area contributed by atoms with Crippen molar-refractivity contribution in [3.05, 3.63) is 29.8 Å². The van der Waals surface area contributed by atoms with Crippen LogP contribution in [-0.2, 0) is 20.5 Å². The molecule has 1 unspecified atom stereocenters. The summed E-state index contributed by atoms with van der Waals surface area (Å²) in [5.74, 6) is -1.17. The maximum absolute atomic E-state index is 12.8. The minimum atomic E-state index is -4.56. The Labute approximate surface area is 124 Å². The smallest absolute Gasteiger partial charge is 0.368 e. The van der Waals surface area contributed by atoms with E-state index in [1.165, 1.54) is 12.1 Å². The molecule has 1 aromatic carbocycles. The summed E-state index contributed by atoms with van der Waals surface area (Å²) in [6, 6.07) is 4.65. The van der Waals surface area contributed by atoms with E-state index in [9.17, 15) is 22.8 Å². The second-order valence-corrected chi connectivity index (χ2v) is 4.81. The number of para-hydroxylation sites is 1. The second-order valence-electron chi connectivity index (χ2n) is 4.81. The number of hydrogen-bond donors (Lipinski definition) is 2. The molecule has 0 bridgehead atoms. The van der Waals surface area contributed by atoms with Crippen molar-refractivity contribution in [3.63, 3.8) is 0 Å². The molecular formula is C14H15F3N2O3. The Hall–Kier alpha value is -2.09. The van der Waals surface area contributed by atoms with Gasteiger partial charge in [-0.05, 0) is 25.0 Å². The quantitative estimate of drug-likeness (QED) is 0.892. The van der Waals surface area contributed by atoms with Gasteiger partial charge in [0.1, 0.15) is 6.10 Å². The third kappa shape index (κ3) is 4.20. The average molecular weight is 316 g/mol. The first-order chi connectivity index (χ1) is 10.4. The summed E-state index contributed by atoms with van der Waals surface area (Å²) < 4.78 is 43.5. The molecule has 0 aliphatic carbocycles. The number of halogens is 3. The van der Waals surface area contributed by atoms with Crippen LogP contribution in [0.1, 0.15) is 18.4 Å². The Balaban J connectivity index is 1.91. The van der Waals surface area contributed by atoms with Gasteiger partial charge in [-0.3, -0.25) is 9.59 Å². The first-order valence-corrected chi connectivity index (χ1v) is 6.73. The SMILES string of the molecule is O=C(CNC(=O)C1CCCO1)Nc1ccccc1C(F)(F)F. The minimum Gasteiger partial charge on any atom is -0.368 e. The second kappa shape index (κ2) is 6.78. The van der Waals surface area contributed by atoms with Crippen molar-refractivity contribution in [1.82, 2.24) is 5.32 Å². The van der Waals surface area contributed by atoms with Crippen LogP contribution in [0.3, 0.4) is 0 Å². The Morgan fingerprint density at radius 2 is 2.00 bits per heavy atom. The van der Waals surface area contributed by atoms with Gasteiger partial charge in [-0.2, -0.15) is 13.2 Å². The molecule has 1 heterocycles. The fraction of sp³-hybridized carbons (Fsp3) is 0.429. The lowest BCUT2D eigenvalue weighted by Gasteiger charge is -2.14. The van der Waals surface area contributed by atoms with Gasteiger partial charge in [0.2, 0.25) is 11.8 Å². The highest BCUT2D eigenvalue weighted by molar-refractivity contribution is 5.95. The van der Waals surface area contributed by atoms with Gasteiger partial charge in [-0.1, -0.05) is 12.1 Å². The summed E-state index contributed by atoms with van der Waals surface area (Å²) in [7, 11) is 0. The van der Waals surface area contributed by atoms with Gasteiger partial charge in [0.05, 0.1) is 17.8 Å². The summed E-state index contributed by atoms with van der Waals surface area (Å²) in [5.41, 5.74) is -1.28. The van der Waals surface area contributed by atoms with Gasteiger partial charge < -0.3 is 15.4 Å². The van der Waals surface area contributed by atoms with Gasteiger partial charge in [-0.15, -0.1) is 0 Å². The van der Waals surface area contributed by atoms with E-state index in [4.69, 9.17) is 4.74 Å². The number of rotatable bonds is 4. The van der Waals surface area contributed by atoms with E-state index in [1.54, 1.807) is 0 Å². The summed E-state index contributed by atoms with van der Waals surface area (Å²) >= 11 is 0. The molecule has 8 heteroatoms. The van der Waals surface area contributed by atoms with Crippen molar-refractivity contribution in [2.45, 2.75) is 25.1 Å². The lowest BCUT2D eigenvalue weighted by Crippen LogP contribution is -2.39. The molecule has 0 spiro atoms. The highest BCUT2D eigenvalue weighted by Crippen LogP contribution is 2.34. The maximum Gasteiger partial charge on any atom is 0.418 e. The van der Waals surface area contributed by atoms with Crippen LogP contribution in [0.2, 0.25) is 0 Å². The van der Waals surface area contributed by atoms with Crippen LogP contribution in [0.15, 0.2) is 24.3 Å². The molecule has 1 atom stereocenters. The molecule has 5 nitrogen and oxygen atoms in total. The Bertz CT molecular complexity index is 555. The number of carbonyl (C=O) groups is 2. The number of carbonyl (C=O) groups excluding carboxylic acids is 2. The molecule has 0 aromatic heterocycles. The van der Waals surface area contributed by atoms with Crippen molar-refractivity contribution in [1.29, 1.82) is 0 Å². The third-order valence-electron chi connectivity index (χ3n) is 3.15. The minimum absolute atomic E-state index is 0.341. The van der Waals surface area contributed by atoms with Crippen molar-refractivity contribution in [2.24, 2.45) is 0 Å². The van der Waals surface area contributed by atoms with Crippen LogP contribution >= 0.6 is 0 Å². The van der Waals surface area contributed by atoms with Gasteiger partial charge in [0.15, 0.2) is 0 Å². The summed E-state index contributed by atoms with van der Waals surface area (Å²) in [6.45, 7) is 0.0775. The number of ether oxygens (including phenoxy) is 1. The zero-order valence-corrected chi connectivity index (χ0v) is 11.6. The van der Waals surface area contributed by atoms with Crippen LogP contribution in [0, 0.1) is 0 Å². The number of hydrogen-bond acceptors (Lipinski definition) is 3. The van der Waals surface area contributed by atoms with Crippen molar-refractivity contribution in [3.8, 4) is 0 Å². The highest BCUT2D eigenvalue weighted by atomic mass is 19.4. The van der Waals surface area contributed by atoms with E-state index in [-0.39, 0.29) is 5.69 Å². The summed E-state index contributed by atoms with van der Waals surface area (Å²) in [5, 5.41) is 4.49. The number of alkyl halides is 3. The summed E-state index contributed by atoms with van der Waals surface area (Å²) in [4.78, 5) is 23.3. The Kier molecular flexibility index (Phi) is 5.02. The van der Waals surface area contributed by atoms with Crippen LogP contribution in [-0.4, -0.2) is 31.1 Å². The first-order valence-electron chi connectivity index (χ1n) is 6.73. The Morgan fingerprint density at radius 3 is 2.64 bits per heavy atom.